The highest BCUT2D eigenvalue weighted by atomic mass is 16.5. The number of carbonyl (C=O) groups is 1. The molecule has 2 heterocycles. The molecule has 1 unspecified atom stereocenters. The number of para-hydroxylation sites is 1. The molecule has 1 aromatic heterocycles. The molecule has 1 fully saturated rings. The normalized spacial score (nSPS) is 18.4. The van der Waals surface area contributed by atoms with Crippen LogP contribution in [0, 0.1) is 0 Å². The number of hydrogen-bond donors (Lipinski definition) is 1. The third-order valence-electron chi connectivity index (χ3n) is 3.47. The monoisotopic (exact) mass is 275 g/mol. The van der Waals surface area contributed by atoms with Gasteiger partial charge >= 0.3 is 0 Å². The minimum absolute atomic E-state index is 0.123. The summed E-state index contributed by atoms with van der Waals surface area (Å²) in [4.78, 5) is 12.1. The smallest absolute Gasteiger partial charge is 0.287 e. The van der Waals surface area contributed by atoms with Crippen molar-refractivity contribution in [3.05, 3.63) is 30.0 Å². The lowest BCUT2D eigenvalue weighted by molar-refractivity contribution is 0.0837. The molecular formula is C15H17NO4. The van der Waals surface area contributed by atoms with Gasteiger partial charge in [-0.2, -0.15) is 0 Å². The summed E-state index contributed by atoms with van der Waals surface area (Å²) >= 11 is 0. The van der Waals surface area contributed by atoms with E-state index in [2.05, 4.69) is 5.32 Å². The zero-order chi connectivity index (χ0) is 13.9. The summed E-state index contributed by atoms with van der Waals surface area (Å²) in [6, 6.07) is 7.28. The maximum atomic E-state index is 12.1. The second kappa shape index (κ2) is 5.54. The zero-order valence-electron chi connectivity index (χ0n) is 11.3. The second-order valence-electron chi connectivity index (χ2n) is 4.83. The Balaban J connectivity index is 1.74. The predicted octanol–water partition coefficient (Wildman–Crippen LogP) is 2.35. The SMILES string of the molecule is COc1cccc2cc(C(=O)NCC3CCCO3)oc12. The Morgan fingerprint density at radius 3 is 3.15 bits per heavy atom. The summed E-state index contributed by atoms with van der Waals surface area (Å²) in [6.07, 6.45) is 2.18. The molecule has 1 aliphatic rings. The van der Waals surface area contributed by atoms with Gasteiger partial charge in [0.05, 0.1) is 13.2 Å². The van der Waals surface area contributed by atoms with Crippen LogP contribution in [0.15, 0.2) is 28.7 Å². The molecule has 1 aliphatic heterocycles. The van der Waals surface area contributed by atoms with Gasteiger partial charge in [-0.1, -0.05) is 12.1 Å². The van der Waals surface area contributed by atoms with Crippen LogP contribution in [0.25, 0.3) is 11.0 Å². The number of fused-ring (bicyclic) bond motifs is 1. The highest BCUT2D eigenvalue weighted by Gasteiger charge is 2.19. The van der Waals surface area contributed by atoms with E-state index in [4.69, 9.17) is 13.9 Å². The molecule has 106 valence electrons. The highest BCUT2D eigenvalue weighted by Crippen LogP contribution is 2.28. The van der Waals surface area contributed by atoms with Gasteiger partial charge in [-0.25, -0.2) is 0 Å². The largest absolute Gasteiger partial charge is 0.493 e. The van der Waals surface area contributed by atoms with Crippen molar-refractivity contribution >= 4 is 16.9 Å². The van der Waals surface area contributed by atoms with E-state index in [1.807, 2.05) is 12.1 Å². The maximum Gasteiger partial charge on any atom is 0.287 e. The first-order valence-electron chi connectivity index (χ1n) is 6.74. The first-order chi connectivity index (χ1) is 9.78. The van der Waals surface area contributed by atoms with Crippen LogP contribution >= 0.6 is 0 Å². The molecule has 0 saturated carbocycles. The van der Waals surface area contributed by atoms with E-state index in [0.29, 0.717) is 23.6 Å². The van der Waals surface area contributed by atoms with Crippen molar-refractivity contribution in [2.75, 3.05) is 20.3 Å². The van der Waals surface area contributed by atoms with Gasteiger partial charge in [0.15, 0.2) is 17.1 Å². The molecule has 1 aromatic carbocycles. The molecule has 1 atom stereocenters. The van der Waals surface area contributed by atoms with E-state index >= 15 is 0 Å². The zero-order valence-corrected chi connectivity index (χ0v) is 11.3. The molecule has 2 aromatic rings. The molecule has 0 aliphatic carbocycles. The van der Waals surface area contributed by atoms with Gasteiger partial charge in [-0.15, -0.1) is 0 Å². The fourth-order valence-electron chi connectivity index (χ4n) is 2.41. The number of benzene rings is 1. The van der Waals surface area contributed by atoms with Gasteiger partial charge in [-0.3, -0.25) is 4.79 Å². The van der Waals surface area contributed by atoms with E-state index in [1.165, 1.54) is 0 Å². The van der Waals surface area contributed by atoms with E-state index in [9.17, 15) is 4.79 Å². The Hall–Kier alpha value is -2.01. The molecule has 5 nitrogen and oxygen atoms in total. The van der Waals surface area contributed by atoms with Gasteiger partial charge in [0.2, 0.25) is 0 Å². The summed E-state index contributed by atoms with van der Waals surface area (Å²) in [5, 5.41) is 3.69. The quantitative estimate of drug-likeness (QED) is 0.930. The number of hydrogen-bond acceptors (Lipinski definition) is 4. The van der Waals surface area contributed by atoms with Gasteiger partial charge < -0.3 is 19.2 Å². The maximum absolute atomic E-state index is 12.1. The molecule has 3 rings (SSSR count). The Morgan fingerprint density at radius 1 is 1.50 bits per heavy atom. The standard InChI is InChI=1S/C15H17NO4/c1-18-12-6-2-4-10-8-13(20-14(10)12)15(17)16-9-11-5-3-7-19-11/h2,4,6,8,11H,3,5,7,9H2,1H3,(H,16,17). The average Bonchev–Trinajstić information content (AvgIpc) is 3.12. The third kappa shape index (κ3) is 2.49. The summed E-state index contributed by atoms with van der Waals surface area (Å²) in [6.45, 7) is 1.30. The van der Waals surface area contributed by atoms with Crippen molar-refractivity contribution in [2.45, 2.75) is 18.9 Å². The average molecular weight is 275 g/mol. The molecule has 1 N–H and O–H groups in total. The summed E-state index contributed by atoms with van der Waals surface area (Å²) in [5.74, 6) is 0.696. The highest BCUT2D eigenvalue weighted by molar-refractivity contribution is 5.97. The Morgan fingerprint density at radius 2 is 2.40 bits per heavy atom. The van der Waals surface area contributed by atoms with Gasteiger partial charge in [0, 0.05) is 18.5 Å². The lowest BCUT2D eigenvalue weighted by Gasteiger charge is -2.09. The van der Waals surface area contributed by atoms with Gasteiger partial charge in [0.1, 0.15) is 0 Å². The van der Waals surface area contributed by atoms with Gasteiger partial charge in [-0.05, 0) is 25.0 Å². The molecular weight excluding hydrogens is 258 g/mol. The van der Waals surface area contributed by atoms with Crippen molar-refractivity contribution in [3.8, 4) is 5.75 Å². The van der Waals surface area contributed by atoms with E-state index in [-0.39, 0.29) is 12.0 Å². The van der Waals surface area contributed by atoms with E-state index < -0.39 is 0 Å². The number of ether oxygens (including phenoxy) is 2. The summed E-state index contributed by atoms with van der Waals surface area (Å²) < 4.78 is 16.3. The molecule has 1 amide bonds. The Labute approximate surface area is 116 Å². The molecule has 20 heavy (non-hydrogen) atoms. The topological polar surface area (TPSA) is 60.7 Å². The van der Waals surface area contributed by atoms with Crippen LogP contribution in [0.2, 0.25) is 0 Å². The van der Waals surface area contributed by atoms with E-state index in [0.717, 1.165) is 24.8 Å². The minimum Gasteiger partial charge on any atom is -0.493 e. The third-order valence-corrected chi connectivity index (χ3v) is 3.47. The van der Waals surface area contributed by atoms with Crippen LogP contribution in [-0.4, -0.2) is 32.3 Å². The molecule has 1 saturated heterocycles. The Kier molecular flexibility index (Phi) is 3.60. The number of methoxy groups -OCH3 is 1. The predicted molar refractivity (Wildman–Crippen MR) is 74.1 cm³/mol. The molecule has 0 bridgehead atoms. The van der Waals surface area contributed by atoms with Crippen molar-refractivity contribution < 1.29 is 18.7 Å². The number of nitrogens with one attached hydrogen (secondary N) is 1. The van der Waals surface area contributed by atoms with Crippen LogP contribution < -0.4 is 10.1 Å². The van der Waals surface area contributed by atoms with Crippen LogP contribution in [0.1, 0.15) is 23.4 Å². The fourth-order valence-corrected chi connectivity index (χ4v) is 2.41. The second-order valence-corrected chi connectivity index (χ2v) is 4.83. The van der Waals surface area contributed by atoms with Crippen molar-refractivity contribution in [1.29, 1.82) is 0 Å². The van der Waals surface area contributed by atoms with Crippen LogP contribution in [0.4, 0.5) is 0 Å². The van der Waals surface area contributed by atoms with Crippen molar-refractivity contribution in [2.24, 2.45) is 0 Å². The lowest BCUT2D eigenvalue weighted by atomic mass is 10.2. The van der Waals surface area contributed by atoms with Gasteiger partial charge in [0.25, 0.3) is 5.91 Å². The molecule has 0 spiro atoms. The van der Waals surface area contributed by atoms with E-state index in [1.54, 1.807) is 19.2 Å². The summed E-state index contributed by atoms with van der Waals surface area (Å²) in [5.41, 5.74) is 0.595. The number of amides is 1. The molecule has 5 heteroatoms. The van der Waals surface area contributed by atoms with Crippen molar-refractivity contribution in [1.82, 2.24) is 5.32 Å². The first-order valence-corrected chi connectivity index (χ1v) is 6.74. The fraction of sp³-hybridized carbons (Fsp3) is 0.400. The summed E-state index contributed by atoms with van der Waals surface area (Å²) in [7, 11) is 1.58. The number of rotatable bonds is 4. The minimum atomic E-state index is -0.223. The number of furan rings is 1. The Bertz CT molecular complexity index is 613. The first kappa shape index (κ1) is 13.0. The molecule has 0 radical (unpaired) electrons. The lowest BCUT2D eigenvalue weighted by Crippen LogP contribution is -2.31. The van der Waals surface area contributed by atoms with Crippen molar-refractivity contribution in [3.63, 3.8) is 0 Å². The number of carbonyl (C=O) groups excluding carboxylic acids is 1. The van der Waals surface area contributed by atoms with Crippen LogP contribution in [0.3, 0.4) is 0 Å². The van der Waals surface area contributed by atoms with Crippen LogP contribution in [0.5, 0.6) is 5.75 Å². The van der Waals surface area contributed by atoms with Crippen LogP contribution in [-0.2, 0) is 4.74 Å².